The van der Waals surface area contributed by atoms with Gasteiger partial charge in [0, 0.05) is 25.1 Å². The molecule has 168 valence electrons. The number of likely N-dealkylation sites (tertiary alicyclic amines) is 1. The van der Waals surface area contributed by atoms with Gasteiger partial charge in [0.1, 0.15) is 0 Å². The van der Waals surface area contributed by atoms with Gasteiger partial charge in [-0.15, -0.1) is 0 Å². The molecule has 1 aliphatic rings. The van der Waals surface area contributed by atoms with Gasteiger partial charge in [0.15, 0.2) is 0 Å². The highest BCUT2D eigenvalue weighted by Gasteiger charge is 2.27. The second-order valence-electron chi connectivity index (χ2n) is 8.23. The third-order valence-corrected chi connectivity index (χ3v) is 5.89. The van der Waals surface area contributed by atoms with Crippen molar-refractivity contribution in [2.45, 2.75) is 19.4 Å². The van der Waals surface area contributed by atoms with Crippen LogP contribution in [0.2, 0.25) is 0 Å². The van der Waals surface area contributed by atoms with Crippen molar-refractivity contribution in [1.82, 2.24) is 10.3 Å². The fraction of sp³-hybridized carbons (Fsp3) is 0.214. The van der Waals surface area contributed by atoms with Crippen LogP contribution < -0.4 is 10.4 Å². The van der Waals surface area contributed by atoms with Crippen molar-refractivity contribution in [3.05, 3.63) is 108 Å². The van der Waals surface area contributed by atoms with Crippen LogP contribution in [0.5, 0.6) is 0 Å². The molecule has 1 aliphatic heterocycles. The van der Waals surface area contributed by atoms with E-state index in [1.807, 2.05) is 94.8 Å². The molecule has 2 amide bonds. The third kappa shape index (κ3) is 6.32. The molecule has 3 aromatic carbocycles. The van der Waals surface area contributed by atoms with Gasteiger partial charge in [0.05, 0.1) is 12.2 Å². The van der Waals surface area contributed by atoms with E-state index in [9.17, 15) is 9.59 Å². The Kier molecular flexibility index (Phi) is 7.54. The van der Waals surface area contributed by atoms with Crippen LogP contribution in [-0.2, 0) is 16.1 Å². The lowest BCUT2D eigenvalue weighted by Gasteiger charge is -2.33. The first-order valence-corrected chi connectivity index (χ1v) is 11.4. The molecule has 1 saturated heterocycles. The van der Waals surface area contributed by atoms with Crippen LogP contribution >= 0.6 is 0 Å². The predicted octanol–water partition coefficient (Wildman–Crippen LogP) is 4.68. The zero-order chi connectivity index (χ0) is 22.9. The number of piperidine rings is 1. The summed E-state index contributed by atoms with van der Waals surface area (Å²) in [7, 11) is 0. The van der Waals surface area contributed by atoms with Gasteiger partial charge >= 0.3 is 0 Å². The number of carbonyl (C=O) groups excluding carboxylic acids is 2. The van der Waals surface area contributed by atoms with Gasteiger partial charge < -0.3 is 4.90 Å². The largest absolute Gasteiger partial charge is 0.339 e. The van der Waals surface area contributed by atoms with Crippen molar-refractivity contribution in [3.63, 3.8) is 0 Å². The molecule has 0 aromatic heterocycles. The van der Waals surface area contributed by atoms with Crippen molar-refractivity contribution in [3.8, 4) is 0 Å². The molecule has 5 heteroatoms. The smallest absolute Gasteiger partial charge is 0.246 e. The summed E-state index contributed by atoms with van der Waals surface area (Å²) in [6.07, 6.45) is 4.77. The Morgan fingerprint density at radius 2 is 1.42 bits per heavy atom. The number of amides is 2. The van der Waals surface area contributed by atoms with E-state index in [1.165, 1.54) is 0 Å². The highest BCUT2D eigenvalue weighted by atomic mass is 16.2. The molecule has 0 spiro atoms. The van der Waals surface area contributed by atoms with Crippen LogP contribution in [0.3, 0.4) is 0 Å². The summed E-state index contributed by atoms with van der Waals surface area (Å²) in [6, 6.07) is 29.7. The topological polar surface area (TPSA) is 52.7 Å². The Hall–Kier alpha value is -3.86. The average Bonchev–Trinajstić information content (AvgIpc) is 2.88. The summed E-state index contributed by atoms with van der Waals surface area (Å²) in [5, 5.41) is 1.90. The van der Waals surface area contributed by atoms with Crippen LogP contribution in [0.4, 0.5) is 5.69 Å². The molecule has 0 atom stereocenters. The number of carbonyl (C=O) groups is 2. The van der Waals surface area contributed by atoms with Crippen molar-refractivity contribution in [1.29, 1.82) is 0 Å². The van der Waals surface area contributed by atoms with Crippen LogP contribution in [0, 0.1) is 5.92 Å². The fourth-order valence-electron chi connectivity index (χ4n) is 3.99. The van der Waals surface area contributed by atoms with Gasteiger partial charge in [-0.05, 0) is 42.2 Å². The van der Waals surface area contributed by atoms with E-state index in [0.717, 1.165) is 16.8 Å². The quantitative estimate of drug-likeness (QED) is 0.430. The van der Waals surface area contributed by atoms with Gasteiger partial charge in [-0.1, -0.05) is 78.9 Å². The van der Waals surface area contributed by atoms with E-state index >= 15 is 0 Å². The number of hydrogen-bond donors (Lipinski definition) is 1. The first-order chi connectivity index (χ1) is 16.2. The predicted molar refractivity (Wildman–Crippen MR) is 132 cm³/mol. The third-order valence-electron chi connectivity index (χ3n) is 5.89. The molecule has 33 heavy (non-hydrogen) atoms. The number of nitrogens with one attached hydrogen (secondary N) is 1. The average molecular weight is 440 g/mol. The molecule has 5 nitrogen and oxygen atoms in total. The lowest BCUT2D eigenvalue weighted by Crippen LogP contribution is -2.48. The first-order valence-electron chi connectivity index (χ1n) is 11.4. The molecule has 0 bridgehead atoms. The molecule has 4 rings (SSSR count). The number of hydrazine groups is 1. The second-order valence-corrected chi connectivity index (χ2v) is 8.23. The number of benzene rings is 3. The summed E-state index contributed by atoms with van der Waals surface area (Å²) in [5.41, 5.74) is 6.17. The summed E-state index contributed by atoms with van der Waals surface area (Å²) >= 11 is 0. The Balaban J connectivity index is 1.34. The van der Waals surface area contributed by atoms with E-state index in [-0.39, 0.29) is 17.7 Å². The summed E-state index contributed by atoms with van der Waals surface area (Å²) in [5.74, 6) is -0.122. The molecule has 3 aromatic rings. The number of anilines is 1. The Morgan fingerprint density at radius 1 is 0.848 bits per heavy atom. The van der Waals surface area contributed by atoms with Crippen LogP contribution in [0.1, 0.15) is 24.0 Å². The van der Waals surface area contributed by atoms with E-state index in [0.29, 0.717) is 32.5 Å². The Bertz CT molecular complexity index is 1060. The van der Waals surface area contributed by atoms with Crippen molar-refractivity contribution in [2.75, 3.05) is 18.1 Å². The highest BCUT2D eigenvalue weighted by Crippen LogP contribution is 2.20. The SMILES string of the molecule is O=C(NN(Cc1ccccc1)c1ccccc1)C1CCN(C(=O)/C=C/c2ccccc2)CC1. The lowest BCUT2D eigenvalue weighted by molar-refractivity contribution is -0.132. The van der Waals surface area contributed by atoms with Crippen molar-refractivity contribution >= 4 is 23.6 Å². The maximum atomic E-state index is 13.1. The standard InChI is InChI=1S/C28H29N3O2/c32-27(17-16-23-10-4-1-5-11-23)30-20-18-25(19-21-30)28(33)29-31(26-14-8-3-9-15-26)22-24-12-6-2-7-13-24/h1-17,25H,18-22H2,(H,29,33)/b17-16+. The molecule has 0 unspecified atom stereocenters. The minimum absolute atomic E-state index is 0.00158. The molecule has 0 saturated carbocycles. The van der Waals surface area contributed by atoms with Crippen molar-refractivity contribution < 1.29 is 9.59 Å². The normalized spacial score (nSPS) is 14.2. The maximum Gasteiger partial charge on any atom is 0.246 e. The van der Waals surface area contributed by atoms with Gasteiger partial charge in [0.25, 0.3) is 0 Å². The van der Waals surface area contributed by atoms with E-state index < -0.39 is 0 Å². The zero-order valence-electron chi connectivity index (χ0n) is 18.6. The van der Waals surface area contributed by atoms with Crippen LogP contribution in [-0.4, -0.2) is 29.8 Å². The minimum atomic E-state index is -0.117. The van der Waals surface area contributed by atoms with E-state index in [2.05, 4.69) is 17.6 Å². The van der Waals surface area contributed by atoms with Crippen LogP contribution in [0.25, 0.3) is 6.08 Å². The molecular formula is C28H29N3O2. The summed E-state index contributed by atoms with van der Waals surface area (Å²) < 4.78 is 0. The zero-order valence-corrected chi connectivity index (χ0v) is 18.6. The molecule has 0 radical (unpaired) electrons. The Labute approximate surface area is 195 Å². The van der Waals surface area contributed by atoms with Gasteiger partial charge in [0.2, 0.25) is 11.8 Å². The summed E-state index contributed by atoms with van der Waals surface area (Å²) in [6.45, 7) is 1.75. The monoisotopic (exact) mass is 439 g/mol. The molecule has 1 N–H and O–H groups in total. The van der Waals surface area contributed by atoms with E-state index in [1.54, 1.807) is 6.08 Å². The Morgan fingerprint density at radius 3 is 2.06 bits per heavy atom. The molecule has 1 fully saturated rings. The number of hydrogen-bond acceptors (Lipinski definition) is 3. The number of nitrogens with zero attached hydrogens (tertiary/aromatic N) is 2. The highest BCUT2D eigenvalue weighted by molar-refractivity contribution is 5.92. The molecule has 0 aliphatic carbocycles. The summed E-state index contributed by atoms with van der Waals surface area (Å²) in [4.78, 5) is 27.5. The van der Waals surface area contributed by atoms with Gasteiger partial charge in [-0.25, -0.2) is 0 Å². The second kappa shape index (κ2) is 11.1. The number of rotatable bonds is 7. The number of para-hydroxylation sites is 1. The maximum absolute atomic E-state index is 13.1. The van der Waals surface area contributed by atoms with Crippen LogP contribution in [0.15, 0.2) is 97.1 Å². The lowest BCUT2D eigenvalue weighted by atomic mass is 9.96. The molecule has 1 heterocycles. The fourth-order valence-corrected chi connectivity index (χ4v) is 3.99. The minimum Gasteiger partial charge on any atom is -0.339 e. The van der Waals surface area contributed by atoms with Gasteiger partial charge in [-0.2, -0.15) is 0 Å². The molecular weight excluding hydrogens is 410 g/mol. The van der Waals surface area contributed by atoms with Crippen molar-refractivity contribution in [2.24, 2.45) is 5.92 Å². The van der Waals surface area contributed by atoms with Gasteiger partial charge in [-0.3, -0.25) is 20.0 Å². The first kappa shape index (κ1) is 22.3. The van der Waals surface area contributed by atoms with E-state index in [4.69, 9.17) is 0 Å².